The molecule has 1 aromatic carbocycles. The van der Waals surface area contributed by atoms with E-state index >= 15 is 0 Å². The Morgan fingerprint density at radius 3 is 2.52 bits per heavy atom. The molecule has 0 amide bonds. The van der Waals surface area contributed by atoms with Crippen LogP contribution in [0.3, 0.4) is 0 Å². The molecule has 2 aromatic rings. The number of aromatic nitrogens is 2. The minimum absolute atomic E-state index is 0.205. The average Bonchev–Trinajstić information content (AvgIpc) is 2.99. The second-order valence-electron chi connectivity index (χ2n) is 7.38. The largest absolute Gasteiger partial charge is 0.303 e. The number of hydrogen-bond donors (Lipinski definition) is 0. The molecule has 25 heavy (non-hydrogen) atoms. The van der Waals surface area contributed by atoms with E-state index in [4.69, 9.17) is 5.26 Å². The summed E-state index contributed by atoms with van der Waals surface area (Å²) in [5.74, 6) is 0. The third-order valence-electron chi connectivity index (χ3n) is 5.43. The van der Waals surface area contributed by atoms with E-state index < -0.39 is 0 Å². The summed E-state index contributed by atoms with van der Waals surface area (Å²) in [6, 6.07) is 11.0. The van der Waals surface area contributed by atoms with Crippen molar-refractivity contribution in [1.29, 1.82) is 5.26 Å². The van der Waals surface area contributed by atoms with Crippen LogP contribution in [0.5, 0.6) is 0 Å². The molecule has 1 saturated heterocycles. The first kappa shape index (κ1) is 17.4. The lowest BCUT2D eigenvalue weighted by Crippen LogP contribution is -2.38. The summed E-state index contributed by atoms with van der Waals surface area (Å²) < 4.78 is 2.09. The number of likely N-dealkylation sites (tertiary alicyclic amines) is 1. The molecule has 0 atom stereocenters. The van der Waals surface area contributed by atoms with Crippen molar-refractivity contribution in [3.05, 3.63) is 54.1 Å². The Bertz CT molecular complexity index is 771. The van der Waals surface area contributed by atoms with Gasteiger partial charge in [0.15, 0.2) is 0 Å². The smallest absolute Gasteiger partial charge is 0.100 e. The third-order valence-corrected chi connectivity index (χ3v) is 5.43. The molecule has 0 saturated carbocycles. The molecule has 0 N–H and O–H groups in total. The standard InChI is InChI=1S/C21H26N4/c1-4-20-17(2)25(16-23-20)19-7-5-18(6-8-19)15-24-13-10-21(3,9-12-22)11-14-24/h4-8,16H,1,9-11,13-15H2,2-3H3. The molecule has 0 spiro atoms. The number of benzene rings is 1. The Hall–Kier alpha value is -2.38. The van der Waals surface area contributed by atoms with Crippen LogP contribution in [0.1, 0.15) is 43.1 Å². The molecule has 0 bridgehead atoms. The molecule has 1 aromatic heterocycles. The van der Waals surface area contributed by atoms with Gasteiger partial charge in [0.2, 0.25) is 0 Å². The Labute approximate surface area is 150 Å². The fraction of sp³-hybridized carbons (Fsp3) is 0.429. The SMILES string of the molecule is C=Cc1ncn(-c2ccc(CN3CCC(C)(CC#N)CC3)cc2)c1C. The highest BCUT2D eigenvalue weighted by atomic mass is 15.1. The van der Waals surface area contributed by atoms with E-state index in [1.54, 1.807) is 6.08 Å². The van der Waals surface area contributed by atoms with E-state index in [9.17, 15) is 0 Å². The predicted octanol–water partition coefficient (Wildman–Crippen LogP) is 4.34. The summed E-state index contributed by atoms with van der Waals surface area (Å²) in [5, 5.41) is 8.97. The lowest BCUT2D eigenvalue weighted by molar-refractivity contribution is 0.116. The van der Waals surface area contributed by atoms with Gasteiger partial charge in [-0.2, -0.15) is 5.26 Å². The lowest BCUT2D eigenvalue weighted by Gasteiger charge is -2.38. The Morgan fingerprint density at radius 1 is 1.28 bits per heavy atom. The Kier molecular flexibility index (Phi) is 5.06. The van der Waals surface area contributed by atoms with Gasteiger partial charge in [-0.1, -0.05) is 25.6 Å². The summed E-state index contributed by atoms with van der Waals surface area (Å²) in [6.07, 6.45) is 6.53. The number of imidazole rings is 1. The molecule has 0 radical (unpaired) electrons. The van der Waals surface area contributed by atoms with Gasteiger partial charge in [0.1, 0.15) is 6.33 Å². The number of nitrogens with zero attached hydrogens (tertiary/aromatic N) is 4. The van der Waals surface area contributed by atoms with Crippen molar-refractivity contribution in [2.45, 2.75) is 39.7 Å². The van der Waals surface area contributed by atoms with Crippen LogP contribution in [0.2, 0.25) is 0 Å². The summed E-state index contributed by atoms with van der Waals surface area (Å²) in [4.78, 5) is 6.86. The third kappa shape index (κ3) is 3.83. The maximum atomic E-state index is 8.97. The number of hydrogen-bond acceptors (Lipinski definition) is 3. The van der Waals surface area contributed by atoms with Crippen LogP contribution >= 0.6 is 0 Å². The first-order chi connectivity index (χ1) is 12.0. The van der Waals surface area contributed by atoms with Gasteiger partial charge in [-0.3, -0.25) is 4.90 Å². The molecule has 1 aliphatic rings. The van der Waals surface area contributed by atoms with Gasteiger partial charge in [-0.05, 0) is 62.0 Å². The molecule has 0 aliphatic carbocycles. The van der Waals surface area contributed by atoms with Crippen molar-refractivity contribution >= 4 is 6.08 Å². The van der Waals surface area contributed by atoms with Crippen LogP contribution in [-0.4, -0.2) is 27.5 Å². The lowest BCUT2D eigenvalue weighted by atomic mass is 9.78. The average molecular weight is 334 g/mol. The van der Waals surface area contributed by atoms with Crippen LogP contribution in [0.4, 0.5) is 0 Å². The zero-order valence-electron chi connectivity index (χ0n) is 15.2. The van der Waals surface area contributed by atoms with E-state index in [1.165, 1.54) is 5.56 Å². The topological polar surface area (TPSA) is 44.9 Å². The second kappa shape index (κ2) is 7.25. The van der Waals surface area contributed by atoms with Gasteiger partial charge in [0.05, 0.1) is 11.8 Å². The summed E-state index contributed by atoms with van der Waals surface area (Å²) >= 11 is 0. The van der Waals surface area contributed by atoms with E-state index in [0.29, 0.717) is 6.42 Å². The summed E-state index contributed by atoms with van der Waals surface area (Å²) in [6.45, 7) is 11.2. The summed E-state index contributed by atoms with van der Waals surface area (Å²) in [5.41, 5.74) is 4.70. The van der Waals surface area contributed by atoms with Crippen molar-refractivity contribution in [3.8, 4) is 11.8 Å². The molecule has 2 heterocycles. The van der Waals surface area contributed by atoms with Crippen LogP contribution in [0.15, 0.2) is 37.2 Å². The van der Waals surface area contributed by atoms with Crippen LogP contribution < -0.4 is 0 Å². The monoisotopic (exact) mass is 334 g/mol. The van der Waals surface area contributed by atoms with E-state index in [2.05, 4.69) is 65.2 Å². The minimum Gasteiger partial charge on any atom is -0.303 e. The quantitative estimate of drug-likeness (QED) is 0.817. The molecule has 130 valence electrons. The van der Waals surface area contributed by atoms with E-state index in [0.717, 1.165) is 49.6 Å². The van der Waals surface area contributed by atoms with Crippen molar-refractivity contribution in [2.24, 2.45) is 5.41 Å². The fourth-order valence-electron chi connectivity index (χ4n) is 3.52. The zero-order valence-corrected chi connectivity index (χ0v) is 15.2. The van der Waals surface area contributed by atoms with Gasteiger partial charge in [0.25, 0.3) is 0 Å². The molecule has 0 unspecified atom stereocenters. The maximum Gasteiger partial charge on any atom is 0.100 e. The minimum atomic E-state index is 0.205. The zero-order chi connectivity index (χ0) is 17.9. The van der Waals surface area contributed by atoms with Crippen molar-refractivity contribution < 1.29 is 0 Å². The molecular weight excluding hydrogens is 308 g/mol. The first-order valence-electron chi connectivity index (χ1n) is 8.90. The number of piperidine rings is 1. The van der Waals surface area contributed by atoms with Gasteiger partial charge < -0.3 is 4.57 Å². The van der Waals surface area contributed by atoms with Gasteiger partial charge in [0, 0.05) is 24.3 Å². The molecule has 4 heteroatoms. The Morgan fingerprint density at radius 2 is 1.96 bits per heavy atom. The molecule has 1 aliphatic heterocycles. The maximum absolute atomic E-state index is 8.97. The van der Waals surface area contributed by atoms with Crippen molar-refractivity contribution in [2.75, 3.05) is 13.1 Å². The predicted molar refractivity (Wildman–Crippen MR) is 101 cm³/mol. The number of rotatable bonds is 5. The van der Waals surface area contributed by atoms with Gasteiger partial charge in [-0.15, -0.1) is 0 Å². The first-order valence-corrected chi connectivity index (χ1v) is 8.90. The van der Waals surface area contributed by atoms with Crippen LogP contribution in [0, 0.1) is 23.7 Å². The van der Waals surface area contributed by atoms with E-state index in [1.807, 2.05) is 6.33 Å². The molecule has 1 fully saturated rings. The number of nitriles is 1. The van der Waals surface area contributed by atoms with Crippen molar-refractivity contribution in [3.63, 3.8) is 0 Å². The van der Waals surface area contributed by atoms with Gasteiger partial charge in [-0.25, -0.2) is 4.98 Å². The Balaban J connectivity index is 1.63. The second-order valence-corrected chi connectivity index (χ2v) is 7.38. The fourth-order valence-corrected chi connectivity index (χ4v) is 3.52. The normalized spacial score (nSPS) is 17.2. The molecular formula is C21H26N4. The van der Waals surface area contributed by atoms with Crippen LogP contribution in [-0.2, 0) is 6.54 Å². The van der Waals surface area contributed by atoms with Crippen LogP contribution in [0.25, 0.3) is 11.8 Å². The van der Waals surface area contributed by atoms with Crippen molar-refractivity contribution in [1.82, 2.24) is 14.5 Å². The summed E-state index contributed by atoms with van der Waals surface area (Å²) in [7, 11) is 0. The molecule has 3 rings (SSSR count). The highest BCUT2D eigenvalue weighted by Crippen LogP contribution is 2.34. The highest BCUT2D eigenvalue weighted by molar-refractivity contribution is 5.48. The molecule has 4 nitrogen and oxygen atoms in total. The van der Waals surface area contributed by atoms with Gasteiger partial charge >= 0.3 is 0 Å². The highest BCUT2D eigenvalue weighted by Gasteiger charge is 2.29. The van der Waals surface area contributed by atoms with E-state index in [-0.39, 0.29) is 5.41 Å².